The number of hydrogen-bond acceptors (Lipinski definition) is 7. The van der Waals surface area contributed by atoms with Gasteiger partial charge in [0.05, 0.1) is 17.5 Å². The van der Waals surface area contributed by atoms with Crippen LogP contribution < -0.4 is 35.3 Å². The van der Waals surface area contributed by atoms with Gasteiger partial charge in [0.2, 0.25) is 5.91 Å². The van der Waals surface area contributed by atoms with E-state index in [-0.39, 0.29) is 35.6 Å². The Bertz CT molecular complexity index is 762. The van der Waals surface area contributed by atoms with Gasteiger partial charge in [0.1, 0.15) is 0 Å². The average Bonchev–Trinajstić information content (AvgIpc) is 2.50. The quantitative estimate of drug-likeness (QED) is 0.428. The predicted octanol–water partition coefficient (Wildman–Crippen LogP) is -0.851. The van der Waals surface area contributed by atoms with E-state index in [0.29, 0.717) is 12.1 Å². The first-order valence-electron chi connectivity index (χ1n) is 8.16. The first-order chi connectivity index (χ1) is 13.9. The van der Waals surface area contributed by atoms with E-state index < -0.39 is 66.6 Å². The molecule has 0 saturated carbocycles. The van der Waals surface area contributed by atoms with Gasteiger partial charge in [-0.2, -0.15) is 26.3 Å². The van der Waals surface area contributed by atoms with Crippen molar-refractivity contribution in [3.05, 3.63) is 34.9 Å². The van der Waals surface area contributed by atoms with Gasteiger partial charge in [0.25, 0.3) is 17.9 Å². The average molecular weight is 483 g/mol. The van der Waals surface area contributed by atoms with Crippen molar-refractivity contribution in [1.29, 1.82) is 0 Å². The Labute approximate surface area is 200 Å². The maximum atomic E-state index is 12.4. The third-order valence-electron chi connectivity index (χ3n) is 2.99. The fraction of sp³-hybridized carbons (Fsp3) is 0.375. The van der Waals surface area contributed by atoms with Crippen molar-refractivity contribution in [3.8, 4) is 0 Å². The molecule has 1 aromatic carbocycles. The Balaban J connectivity index is 0. The number of halogens is 6. The van der Waals surface area contributed by atoms with Crippen molar-refractivity contribution in [2.24, 2.45) is 5.73 Å². The Hall–Kier alpha value is -2.26. The van der Waals surface area contributed by atoms with Gasteiger partial charge in [-0.15, -0.1) is 0 Å². The summed E-state index contributed by atoms with van der Waals surface area (Å²) in [6.07, 6.45) is -10.5. The predicted molar refractivity (Wildman–Crippen MR) is 91.8 cm³/mol. The first kappa shape index (κ1) is 31.9. The fourth-order valence-electron chi connectivity index (χ4n) is 1.91. The van der Waals surface area contributed by atoms with E-state index in [2.05, 4.69) is 14.0 Å². The van der Waals surface area contributed by atoms with Gasteiger partial charge in [-0.3, -0.25) is 19.2 Å². The van der Waals surface area contributed by atoms with Gasteiger partial charge in [0.15, 0.2) is 0 Å². The molecule has 0 spiro atoms. The van der Waals surface area contributed by atoms with Crippen molar-refractivity contribution in [2.75, 3.05) is 0 Å². The number of benzene rings is 1. The molecule has 174 valence electrons. The van der Waals surface area contributed by atoms with Crippen LogP contribution in [0.3, 0.4) is 0 Å². The fourth-order valence-corrected chi connectivity index (χ4v) is 1.91. The molecule has 0 aliphatic rings. The van der Waals surface area contributed by atoms with Crippen LogP contribution in [0, 0.1) is 0 Å². The minimum Gasteiger partial charge on any atom is -0.625 e. The van der Waals surface area contributed by atoms with Crippen LogP contribution in [-0.2, 0) is 51.9 Å². The van der Waals surface area contributed by atoms with Crippen molar-refractivity contribution in [3.63, 3.8) is 0 Å². The number of amides is 1. The van der Waals surface area contributed by atoms with Gasteiger partial charge in [-0.1, -0.05) is 0 Å². The van der Waals surface area contributed by atoms with Crippen LogP contribution in [-0.4, -0.2) is 31.1 Å². The molecule has 0 saturated heterocycles. The van der Waals surface area contributed by atoms with E-state index in [1.807, 2.05) is 0 Å². The van der Waals surface area contributed by atoms with E-state index in [9.17, 15) is 45.5 Å². The molecule has 32 heavy (non-hydrogen) atoms. The van der Waals surface area contributed by atoms with Crippen LogP contribution in [0.5, 0.6) is 0 Å². The maximum Gasteiger partial charge on any atom is 1.00 e. The zero-order chi connectivity index (χ0) is 24.6. The van der Waals surface area contributed by atoms with Gasteiger partial charge in [-0.25, -0.2) is 0 Å². The Morgan fingerprint density at radius 3 is 1.31 bits per heavy atom. The third-order valence-corrected chi connectivity index (χ3v) is 2.99. The van der Waals surface area contributed by atoms with E-state index in [1.54, 1.807) is 0 Å². The van der Waals surface area contributed by atoms with Gasteiger partial charge < -0.3 is 19.7 Å². The summed E-state index contributed by atoms with van der Waals surface area (Å²) in [5, 5.41) is 0. The number of carbonyl (C=O) groups excluding carboxylic acids is 4. The van der Waals surface area contributed by atoms with E-state index >= 15 is 0 Å². The molecule has 0 aliphatic carbocycles. The number of alkyl halides is 6. The second kappa shape index (κ2) is 13.3. The molecule has 0 fully saturated rings. The summed E-state index contributed by atoms with van der Waals surface area (Å²) in [6, 6.07) is 0.935. The van der Waals surface area contributed by atoms with Crippen LogP contribution in [0.25, 0.3) is 0 Å². The zero-order valence-electron chi connectivity index (χ0n) is 17.3. The second-order valence-corrected chi connectivity index (χ2v) is 5.82. The molecule has 0 atom stereocenters. The van der Waals surface area contributed by atoms with E-state index in [4.69, 9.17) is 5.73 Å². The molecule has 1 rings (SSSR count). The number of primary amides is 1. The van der Waals surface area contributed by atoms with Crippen molar-refractivity contribution < 1.29 is 89.0 Å². The molecule has 8 nitrogen and oxygen atoms in total. The maximum absolute atomic E-state index is 12.4. The minimum absolute atomic E-state index is 0. The SMILES string of the molecule is CC(=O)O[BH-](OC(C)=O)OC(C)=O.NC(=O)Cc1cc(C(F)(F)F)cc(C(F)(F)F)c1.[Na+]. The summed E-state index contributed by atoms with van der Waals surface area (Å²) in [6.45, 7) is 3.35. The smallest absolute Gasteiger partial charge is 0.625 e. The summed E-state index contributed by atoms with van der Waals surface area (Å²) in [5.74, 6) is -3.05. The van der Waals surface area contributed by atoms with E-state index in [1.165, 1.54) is 0 Å². The van der Waals surface area contributed by atoms with Crippen molar-refractivity contribution in [2.45, 2.75) is 39.5 Å². The van der Waals surface area contributed by atoms with Crippen LogP contribution in [0.4, 0.5) is 26.3 Å². The zero-order valence-corrected chi connectivity index (χ0v) is 19.3. The van der Waals surface area contributed by atoms with Crippen LogP contribution in [0.1, 0.15) is 37.5 Å². The van der Waals surface area contributed by atoms with Crippen LogP contribution in [0.2, 0.25) is 0 Å². The van der Waals surface area contributed by atoms with Gasteiger partial charge >= 0.3 is 49.2 Å². The molecule has 16 heteroatoms. The first-order valence-corrected chi connectivity index (χ1v) is 8.16. The van der Waals surface area contributed by atoms with Crippen LogP contribution >= 0.6 is 0 Å². The standard InChI is InChI=1S/C10H7F6NO.C6H10BO6.Na/c11-9(12,13)6-1-5(3-8(17)18)2-7(4-6)10(14,15)16;1-4(8)11-7(12-5(2)9)13-6(3)10;/h1-2,4H,3H2,(H2,17,18);7H,1-3H3;/q;-1;+1. The Kier molecular flexibility index (Phi) is 13.3. The molecule has 1 aromatic rings. The topological polar surface area (TPSA) is 122 Å². The minimum atomic E-state index is -4.92. The molecule has 0 heterocycles. The van der Waals surface area contributed by atoms with Gasteiger partial charge in [-0.05, 0) is 23.8 Å². The molecular weight excluding hydrogens is 466 g/mol. The molecule has 0 radical (unpaired) electrons. The molecule has 0 unspecified atom stereocenters. The van der Waals surface area contributed by atoms with Crippen molar-refractivity contribution >= 4 is 31.1 Å². The summed E-state index contributed by atoms with van der Waals surface area (Å²) in [5.41, 5.74) is 1.39. The second-order valence-electron chi connectivity index (χ2n) is 5.82. The number of nitrogens with two attached hydrogens (primary N) is 1. The number of carbonyl (C=O) groups is 4. The normalized spacial score (nSPS) is 10.8. The third kappa shape index (κ3) is 13.9. The number of rotatable bonds is 5. The Morgan fingerprint density at radius 1 is 0.781 bits per heavy atom. The summed E-state index contributed by atoms with van der Waals surface area (Å²) in [4.78, 5) is 41.8. The molecule has 0 aromatic heterocycles. The molecule has 0 bridgehead atoms. The van der Waals surface area contributed by atoms with Gasteiger partial charge in [0, 0.05) is 20.8 Å². The largest absolute Gasteiger partial charge is 1.00 e. The molecule has 2 N–H and O–H groups in total. The number of hydrogen-bond donors (Lipinski definition) is 1. The molecule has 1 amide bonds. The summed E-state index contributed by atoms with van der Waals surface area (Å²) >= 11 is 0. The monoisotopic (exact) mass is 483 g/mol. The van der Waals surface area contributed by atoms with Crippen LogP contribution in [0.15, 0.2) is 18.2 Å². The summed E-state index contributed by atoms with van der Waals surface area (Å²) in [7, 11) is -2.41. The molecular formula is C16H17BF6NNaO7. The Morgan fingerprint density at radius 2 is 1.09 bits per heavy atom. The van der Waals surface area contributed by atoms with Crippen molar-refractivity contribution in [1.82, 2.24) is 0 Å². The summed E-state index contributed by atoms with van der Waals surface area (Å²) < 4.78 is 87.6. The molecule has 0 aliphatic heterocycles. The van der Waals surface area contributed by atoms with E-state index in [0.717, 1.165) is 20.8 Å².